The lowest BCUT2D eigenvalue weighted by molar-refractivity contribution is 0.322. The Morgan fingerprint density at radius 1 is 1.23 bits per heavy atom. The zero-order chi connectivity index (χ0) is 19.6. The van der Waals surface area contributed by atoms with Gasteiger partial charge in [0.1, 0.15) is 9.84 Å². The fraction of sp³-hybridized carbons (Fsp3) is 0.950. The summed E-state index contributed by atoms with van der Waals surface area (Å²) in [6, 6.07) is 0.397. The summed E-state index contributed by atoms with van der Waals surface area (Å²) in [6.07, 6.45) is 11.4. The van der Waals surface area contributed by atoms with E-state index < -0.39 is 9.84 Å². The van der Waals surface area contributed by atoms with Gasteiger partial charge in [-0.2, -0.15) is 0 Å². The fourth-order valence-electron chi connectivity index (χ4n) is 3.42. The predicted molar refractivity (Wildman–Crippen MR) is 112 cm³/mol. The van der Waals surface area contributed by atoms with E-state index in [-0.39, 0.29) is 11.2 Å². The minimum atomic E-state index is -2.92. The largest absolute Gasteiger partial charge is 0.357 e. The normalized spacial score (nSPS) is 18.6. The highest BCUT2D eigenvalue weighted by Crippen LogP contribution is 2.27. The van der Waals surface area contributed by atoms with Crippen molar-refractivity contribution in [2.75, 3.05) is 25.1 Å². The molecule has 0 aliphatic heterocycles. The van der Waals surface area contributed by atoms with Crippen LogP contribution in [0.5, 0.6) is 0 Å². The summed E-state index contributed by atoms with van der Waals surface area (Å²) < 4.78 is 22.8. The minimum absolute atomic E-state index is 0.128. The van der Waals surface area contributed by atoms with Gasteiger partial charge < -0.3 is 10.6 Å². The van der Waals surface area contributed by atoms with Crippen molar-refractivity contribution in [3.05, 3.63) is 0 Å². The second-order valence-corrected chi connectivity index (χ2v) is 11.1. The molecule has 154 valence electrons. The fourth-order valence-corrected chi connectivity index (χ4v) is 4.34. The summed E-state index contributed by atoms with van der Waals surface area (Å²) in [5.74, 6) is 1.97. The first-order valence-corrected chi connectivity index (χ1v) is 12.4. The molecule has 1 aliphatic carbocycles. The van der Waals surface area contributed by atoms with E-state index in [9.17, 15) is 8.42 Å². The molecule has 0 aromatic carbocycles. The average Bonchev–Trinajstić information content (AvgIpc) is 2.57. The van der Waals surface area contributed by atoms with Gasteiger partial charge in [-0.25, -0.2) is 8.42 Å². The van der Waals surface area contributed by atoms with Crippen molar-refractivity contribution in [3.63, 3.8) is 0 Å². The Labute approximate surface area is 161 Å². The Morgan fingerprint density at radius 3 is 2.46 bits per heavy atom. The molecular weight excluding hydrogens is 346 g/mol. The van der Waals surface area contributed by atoms with Crippen molar-refractivity contribution in [1.82, 2.24) is 10.6 Å². The van der Waals surface area contributed by atoms with E-state index in [2.05, 4.69) is 38.3 Å². The highest BCUT2D eigenvalue weighted by molar-refractivity contribution is 7.90. The number of nitrogens with zero attached hydrogens (tertiary/aromatic N) is 1. The third-order valence-electron chi connectivity index (χ3n) is 5.27. The zero-order valence-corrected chi connectivity index (χ0v) is 18.4. The molecule has 1 fully saturated rings. The average molecular weight is 388 g/mol. The molecule has 0 radical (unpaired) electrons. The van der Waals surface area contributed by atoms with Crippen LogP contribution < -0.4 is 10.6 Å². The second-order valence-electron chi connectivity index (χ2n) is 8.87. The molecule has 0 spiro atoms. The predicted octanol–water partition coefficient (Wildman–Crippen LogP) is 3.75. The van der Waals surface area contributed by atoms with Gasteiger partial charge in [0.2, 0.25) is 0 Å². The van der Waals surface area contributed by atoms with Crippen LogP contribution in [0.15, 0.2) is 4.99 Å². The Kier molecular flexibility index (Phi) is 9.98. The lowest BCUT2D eigenvalue weighted by atomic mass is 9.85. The van der Waals surface area contributed by atoms with Crippen LogP contribution in [0.25, 0.3) is 0 Å². The van der Waals surface area contributed by atoms with Crippen LogP contribution in [0.2, 0.25) is 0 Å². The van der Waals surface area contributed by atoms with E-state index in [1.165, 1.54) is 51.2 Å². The quantitative estimate of drug-likeness (QED) is 0.442. The lowest BCUT2D eigenvalue weighted by Crippen LogP contribution is -2.43. The molecule has 5 nitrogen and oxygen atoms in total. The van der Waals surface area contributed by atoms with Gasteiger partial charge in [0.05, 0.1) is 5.75 Å². The van der Waals surface area contributed by atoms with Gasteiger partial charge in [-0.1, -0.05) is 46.0 Å². The Bertz CT molecular complexity index is 523. The molecule has 26 heavy (non-hydrogen) atoms. The Hall–Kier alpha value is -0.780. The maximum atomic E-state index is 11.4. The molecule has 2 N–H and O–H groups in total. The molecule has 0 amide bonds. The number of rotatable bonds is 10. The Morgan fingerprint density at radius 2 is 1.88 bits per heavy atom. The van der Waals surface area contributed by atoms with Gasteiger partial charge in [-0.3, -0.25) is 4.99 Å². The summed E-state index contributed by atoms with van der Waals surface area (Å²) in [4.78, 5) is 4.72. The van der Waals surface area contributed by atoms with Gasteiger partial charge in [0.15, 0.2) is 5.96 Å². The van der Waals surface area contributed by atoms with Gasteiger partial charge >= 0.3 is 0 Å². The molecule has 0 aromatic rings. The maximum absolute atomic E-state index is 11.4. The van der Waals surface area contributed by atoms with Gasteiger partial charge in [0, 0.05) is 25.4 Å². The van der Waals surface area contributed by atoms with Gasteiger partial charge in [-0.15, -0.1) is 0 Å². The smallest absolute Gasteiger partial charge is 0.191 e. The molecule has 6 heteroatoms. The van der Waals surface area contributed by atoms with E-state index in [1.807, 2.05) is 0 Å². The molecule has 1 saturated carbocycles. The highest BCUT2D eigenvalue weighted by atomic mass is 32.2. The molecular formula is C20H41N3O2S. The maximum Gasteiger partial charge on any atom is 0.191 e. The van der Waals surface area contributed by atoms with Crippen molar-refractivity contribution in [3.8, 4) is 0 Å². The van der Waals surface area contributed by atoms with Crippen molar-refractivity contribution in [1.29, 1.82) is 0 Å². The summed E-state index contributed by atoms with van der Waals surface area (Å²) >= 11 is 0. The number of hydrogen-bond acceptors (Lipinski definition) is 3. The zero-order valence-electron chi connectivity index (χ0n) is 17.6. The second kappa shape index (κ2) is 11.2. The summed E-state index contributed by atoms with van der Waals surface area (Å²) in [7, 11) is -2.92. The van der Waals surface area contributed by atoms with E-state index in [1.54, 1.807) is 0 Å². The molecule has 0 heterocycles. The molecule has 0 bridgehead atoms. The van der Waals surface area contributed by atoms with Crippen molar-refractivity contribution >= 4 is 15.8 Å². The van der Waals surface area contributed by atoms with Gasteiger partial charge in [-0.05, 0) is 44.4 Å². The van der Waals surface area contributed by atoms with Crippen LogP contribution in [0.3, 0.4) is 0 Å². The van der Waals surface area contributed by atoms with Crippen LogP contribution in [-0.4, -0.2) is 45.5 Å². The van der Waals surface area contributed by atoms with Crippen molar-refractivity contribution in [2.24, 2.45) is 16.3 Å². The van der Waals surface area contributed by atoms with E-state index in [0.29, 0.717) is 19.0 Å². The lowest BCUT2D eigenvalue weighted by Gasteiger charge is -2.25. The Balaban J connectivity index is 2.47. The first kappa shape index (κ1) is 23.3. The first-order valence-electron chi connectivity index (χ1n) is 10.3. The van der Waals surface area contributed by atoms with E-state index >= 15 is 0 Å². The van der Waals surface area contributed by atoms with Crippen molar-refractivity contribution in [2.45, 2.75) is 85.1 Å². The van der Waals surface area contributed by atoms with Crippen LogP contribution in [0, 0.1) is 11.3 Å². The standard InChI is InChI=1S/C20H41N3O2S/c1-6-21-19(22-16-20(3,4)14-15-26(5,24)25)23-17(2)12-13-18-10-8-7-9-11-18/h17-18H,6-16H2,1-5H3,(H2,21,22,23). The van der Waals surface area contributed by atoms with Crippen molar-refractivity contribution < 1.29 is 8.42 Å². The summed E-state index contributed by atoms with van der Waals surface area (Å²) in [5.41, 5.74) is -0.128. The van der Waals surface area contributed by atoms with Gasteiger partial charge in [0.25, 0.3) is 0 Å². The third kappa shape index (κ3) is 11.0. The summed E-state index contributed by atoms with van der Waals surface area (Å²) in [6.45, 7) is 9.90. The molecule has 0 saturated heterocycles. The SMILES string of the molecule is CCNC(=NCC(C)(C)CCS(C)(=O)=O)NC(C)CCC1CCCCC1. The molecule has 1 aliphatic rings. The number of aliphatic imine (C=N–C) groups is 1. The number of sulfone groups is 1. The molecule has 0 aromatic heterocycles. The highest BCUT2D eigenvalue weighted by Gasteiger charge is 2.20. The van der Waals surface area contributed by atoms with Crippen LogP contribution in [-0.2, 0) is 9.84 Å². The molecule has 1 rings (SSSR count). The third-order valence-corrected chi connectivity index (χ3v) is 6.22. The minimum Gasteiger partial charge on any atom is -0.357 e. The monoisotopic (exact) mass is 387 g/mol. The molecule has 1 atom stereocenters. The molecule has 1 unspecified atom stereocenters. The van der Waals surface area contributed by atoms with Crippen LogP contribution >= 0.6 is 0 Å². The van der Waals surface area contributed by atoms with E-state index in [4.69, 9.17) is 4.99 Å². The topological polar surface area (TPSA) is 70.6 Å². The number of hydrogen-bond donors (Lipinski definition) is 2. The summed E-state index contributed by atoms with van der Waals surface area (Å²) in [5, 5.41) is 6.84. The number of guanidine groups is 1. The van der Waals surface area contributed by atoms with Crippen LogP contribution in [0.1, 0.15) is 79.1 Å². The number of nitrogens with one attached hydrogen (secondary N) is 2. The van der Waals surface area contributed by atoms with Crippen LogP contribution in [0.4, 0.5) is 0 Å². The van der Waals surface area contributed by atoms with E-state index in [0.717, 1.165) is 18.4 Å². The first-order chi connectivity index (χ1) is 12.1.